The summed E-state index contributed by atoms with van der Waals surface area (Å²) in [6, 6.07) is 9.46. The predicted octanol–water partition coefficient (Wildman–Crippen LogP) is 3.00. The smallest absolute Gasteiger partial charge is 0.258 e. The standard InChI is InChI=1S/C13H7ClFN3O/c14-12-11(15)10(4-5-17-12)13(19)18-9-3-1-2-8(6-9)7-16/h1-6H,(H,18,19). The maximum Gasteiger partial charge on any atom is 0.258 e. The minimum Gasteiger partial charge on any atom is -0.322 e. The van der Waals surface area contributed by atoms with Crippen molar-refractivity contribution in [2.45, 2.75) is 0 Å². The number of amides is 1. The zero-order chi connectivity index (χ0) is 13.8. The molecule has 0 unspecified atom stereocenters. The number of carbonyl (C=O) groups excluding carboxylic acids is 1. The molecule has 1 amide bonds. The van der Waals surface area contributed by atoms with E-state index in [1.165, 1.54) is 18.3 Å². The van der Waals surface area contributed by atoms with Gasteiger partial charge in [0.25, 0.3) is 5.91 Å². The van der Waals surface area contributed by atoms with Gasteiger partial charge in [-0.25, -0.2) is 9.37 Å². The molecule has 1 heterocycles. The van der Waals surface area contributed by atoms with Crippen LogP contribution in [0.2, 0.25) is 5.15 Å². The molecule has 2 aromatic rings. The average molecular weight is 276 g/mol. The number of halogens is 2. The third kappa shape index (κ3) is 2.87. The second-order valence-corrected chi connectivity index (χ2v) is 3.97. The van der Waals surface area contributed by atoms with Crippen molar-refractivity contribution in [3.05, 3.63) is 58.6 Å². The molecule has 19 heavy (non-hydrogen) atoms. The SMILES string of the molecule is N#Cc1cccc(NC(=O)c2ccnc(Cl)c2F)c1. The lowest BCUT2D eigenvalue weighted by Crippen LogP contribution is -2.14. The number of hydrogen-bond donors (Lipinski definition) is 1. The molecule has 1 N–H and O–H groups in total. The fraction of sp³-hybridized carbons (Fsp3) is 0. The molecule has 2 rings (SSSR count). The van der Waals surface area contributed by atoms with Gasteiger partial charge in [0.2, 0.25) is 0 Å². The van der Waals surface area contributed by atoms with E-state index >= 15 is 0 Å². The number of nitriles is 1. The van der Waals surface area contributed by atoms with Gasteiger partial charge >= 0.3 is 0 Å². The van der Waals surface area contributed by atoms with Gasteiger partial charge in [0.15, 0.2) is 11.0 Å². The summed E-state index contributed by atoms with van der Waals surface area (Å²) < 4.78 is 13.6. The van der Waals surface area contributed by atoms with E-state index in [0.29, 0.717) is 11.3 Å². The highest BCUT2D eigenvalue weighted by molar-refractivity contribution is 6.30. The van der Waals surface area contributed by atoms with Gasteiger partial charge in [-0.05, 0) is 24.3 Å². The van der Waals surface area contributed by atoms with Gasteiger partial charge in [0.1, 0.15) is 0 Å². The Kier molecular flexibility index (Phi) is 3.74. The van der Waals surface area contributed by atoms with Gasteiger partial charge < -0.3 is 5.32 Å². The number of nitrogens with zero attached hydrogens (tertiary/aromatic N) is 2. The van der Waals surface area contributed by atoms with Crippen LogP contribution in [0.4, 0.5) is 10.1 Å². The van der Waals surface area contributed by atoms with Gasteiger partial charge in [-0.1, -0.05) is 17.7 Å². The van der Waals surface area contributed by atoms with E-state index in [4.69, 9.17) is 16.9 Å². The molecule has 0 aliphatic carbocycles. The Bertz CT molecular complexity index is 682. The number of rotatable bonds is 2. The summed E-state index contributed by atoms with van der Waals surface area (Å²) >= 11 is 5.50. The first kappa shape index (κ1) is 13.0. The number of benzene rings is 1. The summed E-state index contributed by atoms with van der Waals surface area (Å²) in [5.74, 6) is -1.53. The lowest BCUT2D eigenvalue weighted by atomic mass is 10.2. The van der Waals surface area contributed by atoms with E-state index in [1.54, 1.807) is 18.2 Å². The maximum absolute atomic E-state index is 13.6. The van der Waals surface area contributed by atoms with E-state index in [9.17, 15) is 9.18 Å². The Labute approximate surface area is 113 Å². The van der Waals surface area contributed by atoms with Crippen molar-refractivity contribution in [1.82, 2.24) is 4.98 Å². The fourth-order valence-corrected chi connectivity index (χ4v) is 1.62. The Balaban J connectivity index is 2.26. The number of aromatic nitrogens is 1. The van der Waals surface area contributed by atoms with E-state index in [-0.39, 0.29) is 10.7 Å². The summed E-state index contributed by atoms with van der Waals surface area (Å²) in [6.45, 7) is 0. The Morgan fingerprint density at radius 2 is 2.21 bits per heavy atom. The first-order valence-electron chi connectivity index (χ1n) is 5.23. The normalized spacial score (nSPS) is 9.74. The molecule has 0 fully saturated rings. The molecule has 0 spiro atoms. The number of carbonyl (C=O) groups is 1. The van der Waals surface area contributed by atoms with Crippen molar-refractivity contribution in [1.29, 1.82) is 5.26 Å². The lowest BCUT2D eigenvalue weighted by Gasteiger charge is -2.06. The molecular weight excluding hydrogens is 269 g/mol. The largest absolute Gasteiger partial charge is 0.322 e. The molecule has 0 bridgehead atoms. The van der Waals surface area contributed by atoms with Crippen LogP contribution in [0, 0.1) is 17.1 Å². The number of pyridine rings is 1. The Morgan fingerprint density at radius 1 is 1.42 bits per heavy atom. The molecule has 0 saturated carbocycles. The minimum atomic E-state index is -0.877. The summed E-state index contributed by atoms with van der Waals surface area (Å²) in [4.78, 5) is 15.4. The van der Waals surface area contributed by atoms with Crippen LogP contribution in [0.5, 0.6) is 0 Å². The first-order valence-corrected chi connectivity index (χ1v) is 5.61. The number of nitrogens with one attached hydrogen (secondary N) is 1. The van der Waals surface area contributed by atoms with Crippen molar-refractivity contribution in [3.63, 3.8) is 0 Å². The molecule has 0 radical (unpaired) electrons. The summed E-state index contributed by atoms with van der Waals surface area (Å²) in [5.41, 5.74) is 0.588. The van der Waals surface area contributed by atoms with Crippen LogP contribution in [-0.4, -0.2) is 10.9 Å². The molecule has 94 valence electrons. The van der Waals surface area contributed by atoms with Gasteiger partial charge in [-0.2, -0.15) is 5.26 Å². The molecule has 4 nitrogen and oxygen atoms in total. The molecule has 0 aliphatic rings. The molecular formula is C13H7ClFN3O. The van der Waals surface area contributed by atoms with Crippen molar-refractivity contribution < 1.29 is 9.18 Å². The van der Waals surface area contributed by atoms with Gasteiger partial charge in [0, 0.05) is 11.9 Å². The zero-order valence-electron chi connectivity index (χ0n) is 9.52. The maximum atomic E-state index is 13.6. The highest BCUT2D eigenvalue weighted by atomic mass is 35.5. The van der Waals surface area contributed by atoms with Gasteiger partial charge in [0.05, 0.1) is 17.2 Å². The van der Waals surface area contributed by atoms with Crippen LogP contribution in [0.15, 0.2) is 36.5 Å². The predicted molar refractivity (Wildman–Crippen MR) is 68.3 cm³/mol. The van der Waals surface area contributed by atoms with Crippen molar-refractivity contribution in [3.8, 4) is 6.07 Å². The summed E-state index contributed by atoms with van der Waals surface area (Å²) in [6.07, 6.45) is 1.24. The van der Waals surface area contributed by atoms with Crippen molar-refractivity contribution in [2.24, 2.45) is 0 Å². The van der Waals surface area contributed by atoms with Crippen LogP contribution < -0.4 is 5.32 Å². The van der Waals surface area contributed by atoms with Crippen molar-refractivity contribution >= 4 is 23.2 Å². The highest BCUT2D eigenvalue weighted by Gasteiger charge is 2.15. The number of anilines is 1. The molecule has 0 atom stereocenters. The van der Waals surface area contributed by atoms with E-state index in [2.05, 4.69) is 10.3 Å². The van der Waals surface area contributed by atoms with Crippen LogP contribution >= 0.6 is 11.6 Å². The first-order chi connectivity index (χ1) is 9.11. The molecule has 6 heteroatoms. The van der Waals surface area contributed by atoms with Crippen molar-refractivity contribution in [2.75, 3.05) is 5.32 Å². The third-order valence-corrected chi connectivity index (χ3v) is 2.60. The molecule has 1 aromatic heterocycles. The van der Waals surface area contributed by atoms with Crippen LogP contribution in [0.1, 0.15) is 15.9 Å². The van der Waals surface area contributed by atoms with Crippen LogP contribution in [-0.2, 0) is 0 Å². The second kappa shape index (κ2) is 5.46. The van der Waals surface area contributed by atoms with E-state index < -0.39 is 11.7 Å². The number of hydrogen-bond acceptors (Lipinski definition) is 3. The third-order valence-electron chi connectivity index (χ3n) is 2.34. The summed E-state index contributed by atoms with van der Waals surface area (Å²) in [7, 11) is 0. The lowest BCUT2D eigenvalue weighted by molar-refractivity contribution is 0.102. The van der Waals surface area contributed by atoms with E-state index in [1.807, 2.05) is 6.07 Å². The van der Waals surface area contributed by atoms with Gasteiger partial charge in [-0.15, -0.1) is 0 Å². The highest BCUT2D eigenvalue weighted by Crippen LogP contribution is 2.17. The Hall–Kier alpha value is -2.45. The average Bonchev–Trinajstić information content (AvgIpc) is 2.42. The second-order valence-electron chi connectivity index (χ2n) is 3.61. The summed E-state index contributed by atoms with van der Waals surface area (Å²) in [5, 5.41) is 10.9. The van der Waals surface area contributed by atoms with Crippen LogP contribution in [0.3, 0.4) is 0 Å². The molecule has 1 aromatic carbocycles. The van der Waals surface area contributed by atoms with E-state index in [0.717, 1.165) is 0 Å². The fourth-order valence-electron chi connectivity index (χ4n) is 1.46. The Morgan fingerprint density at radius 3 is 2.95 bits per heavy atom. The zero-order valence-corrected chi connectivity index (χ0v) is 10.3. The van der Waals surface area contributed by atoms with Crippen LogP contribution in [0.25, 0.3) is 0 Å². The quantitative estimate of drug-likeness (QED) is 0.857. The monoisotopic (exact) mass is 275 g/mol. The molecule has 0 saturated heterocycles. The van der Waals surface area contributed by atoms with Gasteiger partial charge in [-0.3, -0.25) is 4.79 Å². The minimum absolute atomic E-state index is 0.206. The molecule has 0 aliphatic heterocycles. The topological polar surface area (TPSA) is 65.8 Å².